The highest BCUT2D eigenvalue weighted by atomic mass is 16.1. The number of nitrogens with two attached hydrogens (primary N) is 1. The molecule has 0 saturated carbocycles. The van der Waals surface area contributed by atoms with Gasteiger partial charge in [0.2, 0.25) is 0 Å². The Morgan fingerprint density at radius 1 is 1.21 bits per heavy atom. The van der Waals surface area contributed by atoms with Crippen LogP contribution in [0.2, 0.25) is 0 Å². The molecule has 2 rings (SSSR count). The van der Waals surface area contributed by atoms with Crippen LogP contribution in [0.5, 0.6) is 0 Å². The van der Waals surface area contributed by atoms with E-state index in [9.17, 15) is 4.79 Å². The number of carbonyl (C=O) groups is 1. The van der Waals surface area contributed by atoms with Crippen LogP contribution < -0.4 is 11.1 Å². The van der Waals surface area contributed by atoms with E-state index in [2.05, 4.69) is 5.32 Å². The first-order valence-corrected chi connectivity index (χ1v) is 5.78. The van der Waals surface area contributed by atoms with Crippen molar-refractivity contribution >= 4 is 17.3 Å². The van der Waals surface area contributed by atoms with Gasteiger partial charge in [-0.2, -0.15) is 5.26 Å². The lowest BCUT2D eigenvalue weighted by Gasteiger charge is -2.08. The van der Waals surface area contributed by atoms with Gasteiger partial charge in [0, 0.05) is 16.9 Å². The van der Waals surface area contributed by atoms with Gasteiger partial charge in [-0.25, -0.2) is 0 Å². The fourth-order valence-corrected chi connectivity index (χ4v) is 1.71. The summed E-state index contributed by atoms with van der Waals surface area (Å²) in [6, 6.07) is 13.9. The monoisotopic (exact) mass is 251 g/mol. The zero-order valence-electron chi connectivity index (χ0n) is 10.5. The smallest absolute Gasteiger partial charge is 0.256 e. The molecular formula is C15H13N3O. The van der Waals surface area contributed by atoms with Gasteiger partial charge in [-0.1, -0.05) is 6.07 Å². The van der Waals surface area contributed by atoms with Crippen molar-refractivity contribution in [1.82, 2.24) is 0 Å². The van der Waals surface area contributed by atoms with Crippen LogP contribution in [0.3, 0.4) is 0 Å². The van der Waals surface area contributed by atoms with Crippen LogP contribution in [0.4, 0.5) is 11.4 Å². The molecular weight excluding hydrogens is 238 g/mol. The summed E-state index contributed by atoms with van der Waals surface area (Å²) in [6.45, 7) is 1.85. The van der Waals surface area contributed by atoms with Crippen molar-refractivity contribution in [3.8, 4) is 6.07 Å². The standard InChI is InChI=1S/C15H13N3O/c1-10-2-5-12(17)8-14(10)15(19)18-13-6-3-11(9-16)4-7-13/h2-8H,17H2,1H3,(H,18,19). The summed E-state index contributed by atoms with van der Waals surface area (Å²) < 4.78 is 0. The Morgan fingerprint density at radius 3 is 2.53 bits per heavy atom. The Hall–Kier alpha value is -2.80. The predicted octanol–water partition coefficient (Wildman–Crippen LogP) is 2.70. The molecule has 4 heteroatoms. The van der Waals surface area contributed by atoms with E-state index in [4.69, 9.17) is 11.0 Å². The van der Waals surface area contributed by atoms with E-state index in [-0.39, 0.29) is 5.91 Å². The fourth-order valence-electron chi connectivity index (χ4n) is 1.71. The first-order chi connectivity index (χ1) is 9.10. The first kappa shape index (κ1) is 12.7. The lowest BCUT2D eigenvalue weighted by molar-refractivity contribution is 0.102. The molecule has 0 radical (unpaired) electrons. The molecule has 19 heavy (non-hydrogen) atoms. The van der Waals surface area contributed by atoms with Gasteiger partial charge in [-0.05, 0) is 48.9 Å². The first-order valence-electron chi connectivity index (χ1n) is 5.78. The van der Waals surface area contributed by atoms with E-state index in [1.807, 2.05) is 19.1 Å². The number of nitrogens with zero attached hydrogens (tertiary/aromatic N) is 1. The van der Waals surface area contributed by atoms with Gasteiger partial charge in [0.15, 0.2) is 0 Å². The minimum absolute atomic E-state index is 0.213. The number of nitrogens with one attached hydrogen (secondary N) is 1. The van der Waals surface area contributed by atoms with E-state index in [0.717, 1.165) is 5.56 Å². The van der Waals surface area contributed by atoms with Gasteiger partial charge in [0.1, 0.15) is 0 Å². The Balaban J connectivity index is 2.21. The molecule has 4 nitrogen and oxygen atoms in total. The number of carbonyl (C=O) groups excluding carboxylic acids is 1. The Bertz CT molecular complexity index is 654. The third kappa shape index (κ3) is 2.90. The molecule has 0 aromatic heterocycles. The van der Waals surface area contributed by atoms with Crippen molar-refractivity contribution in [3.63, 3.8) is 0 Å². The number of benzene rings is 2. The lowest BCUT2D eigenvalue weighted by atomic mass is 10.1. The van der Waals surface area contributed by atoms with Crippen LogP contribution in [0.25, 0.3) is 0 Å². The summed E-state index contributed by atoms with van der Waals surface area (Å²) in [5.74, 6) is -0.213. The van der Waals surface area contributed by atoms with Crippen LogP contribution in [0.1, 0.15) is 21.5 Å². The second kappa shape index (κ2) is 5.23. The van der Waals surface area contributed by atoms with Gasteiger partial charge in [0.05, 0.1) is 11.6 Å². The normalized spacial score (nSPS) is 9.68. The number of hydrogen-bond acceptors (Lipinski definition) is 3. The summed E-state index contributed by atoms with van der Waals surface area (Å²) in [7, 11) is 0. The number of anilines is 2. The SMILES string of the molecule is Cc1ccc(N)cc1C(=O)Nc1ccc(C#N)cc1. The topological polar surface area (TPSA) is 78.9 Å². The number of amides is 1. The van der Waals surface area contributed by atoms with Crippen molar-refractivity contribution < 1.29 is 4.79 Å². The quantitative estimate of drug-likeness (QED) is 0.805. The van der Waals surface area contributed by atoms with Crippen LogP contribution in [-0.4, -0.2) is 5.91 Å². The summed E-state index contributed by atoms with van der Waals surface area (Å²) in [6.07, 6.45) is 0. The van der Waals surface area contributed by atoms with Gasteiger partial charge < -0.3 is 11.1 Å². The molecule has 3 N–H and O–H groups in total. The molecule has 2 aromatic rings. The van der Waals surface area contributed by atoms with Gasteiger partial charge >= 0.3 is 0 Å². The molecule has 0 spiro atoms. The average molecular weight is 251 g/mol. The summed E-state index contributed by atoms with van der Waals surface area (Å²) in [4.78, 5) is 12.1. The number of hydrogen-bond donors (Lipinski definition) is 2. The van der Waals surface area contributed by atoms with Crippen molar-refractivity contribution in [3.05, 3.63) is 59.2 Å². The number of rotatable bonds is 2. The molecule has 0 fully saturated rings. The van der Waals surface area contributed by atoms with Crippen LogP contribution >= 0.6 is 0 Å². The molecule has 0 bridgehead atoms. The second-order valence-electron chi connectivity index (χ2n) is 4.22. The fraction of sp³-hybridized carbons (Fsp3) is 0.0667. The molecule has 0 aliphatic heterocycles. The molecule has 0 heterocycles. The van der Waals surface area contributed by atoms with Crippen LogP contribution in [-0.2, 0) is 0 Å². The highest BCUT2D eigenvalue weighted by Gasteiger charge is 2.09. The Morgan fingerprint density at radius 2 is 1.89 bits per heavy atom. The van der Waals surface area contributed by atoms with E-state index < -0.39 is 0 Å². The summed E-state index contributed by atoms with van der Waals surface area (Å²) in [5.41, 5.74) is 8.84. The molecule has 0 aliphatic carbocycles. The van der Waals surface area contributed by atoms with Crippen LogP contribution in [0, 0.1) is 18.3 Å². The van der Waals surface area contributed by atoms with Crippen molar-refractivity contribution in [2.24, 2.45) is 0 Å². The number of nitrogen functional groups attached to an aromatic ring is 1. The lowest BCUT2D eigenvalue weighted by Crippen LogP contribution is -2.13. The van der Waals surface area contributed by atoms with E-state index >= 15 is 0 Å². The van der Waals surface area contributed by atoms with E-state index in [0.29, 0.717) is 22.5 Å². The molecule has 1 amide bonds. The highest BCUT2D eigenvalue weighted by Crippen LogP contribution is 2.15. The van der Waals surface area contributed by atoms with Gasteiger partial charge in [-0.15, -0.1) is 0 Å². The average Bonchev–Trinajstić information content (AvgIpc) is 2.42. The summed E-state index contributed by atoms with van der Waals surface area (Å²) >= 11 is 0. The van der Waals surface area contributed by atoms with Crippen molar-refractivity contribution in [1.29, 1.82) is 5.26 Å². The maximum atomic E-state index is 12.1. The maximum Gasteiger partial charge on any atom is 0.256 e. The molecule has 0 unspecified atom stereocenters. The van der Waals surface area contributed by atoms with Crippen LogP contribution in [0.15, 0.2) is 42.5 Å². The number of aryl methyl sites for hydroxylation is 1. The second-order valence-corrected chi connectivity index (χ2v) is 4.22. The predicted molar refractivity (Wildman–Crippen MR) is 74.7 cm³/mol. The zero-order chi connectivity index (χ0) is 13.8. The minimum atomic E-state index is -0.213. The van der Waals surface area contributed by atoms with E-state index in [1.54, 1.807) is 36.4 Å². The van der Waals surface area contributed by atoms with Crippen molar-refractivity contribution in [2.45, 2.75) is 6.92 Å². The van der Waals surface area contributed by atoms with Gasteiger partial charge in [0.25, 0.3) is 5.91 Å². The third-order valence-corrected chi connectivity index (χ3v) is 2.78. The van der Waals surface area contributed by atoms with Crippen molar-refractivity contribution in [2.75, 3.05) is 11.1 Å². The Labute approximate surface area is 111 Å². The summed E-state index contributed by atoms with van der Waals surface area (Å²) in [5, 5.41) is 11.5. The highest BCUT2D eigenvalue weighted by molar-refractivity contribution is 6.05. The maximum absolute atomic E-state index is 12.1. The van der Waals surface area contributed by atoms with E-state index in [1.165, 1.54) is 0 Å². The minimum Gasteiger partial charge on any atom is -0.399 e. The molecule has 0 atom stereocenters. The molecule has 0 saturated heterocycles. The van der Waals surface area contributed by atoms with Gasteiger partial charge in [-0.3, -0.25) is 4.79 Å². The number of nitriles is 1. The molecule has 94 valence electrons. The Kier molecular flexibility index (Phi) is 3.48. The third-order valence-electron chi connectivity index (χ3n) is 2.78. The zero-order valence-corrected chi connectivity index (χ0v) is 10.5. The molecule has 2 aromatic carbocycles. The molecule has 0 aliphatic rings. The largest absolute Gasteiger partial charge is 0.399 e.